The van der Waals surface area contributed by atoms with E-state index in [-0.39, 0.29) is 6.09 Å². The molecule has 0 aliphatic carbocycles. The van der Waals surface area contributed by atoms with Crippen molar-refractivity contribution in [3.8, 4) is 0 Å². The molecular formula is C14H20N2O2. The molecule has 98 valence electrons. The SMILES string of the molecule is CC(C)(C)OC(=O)N1CCCNc2ccccc21. The number of rotatable bonds is 0. The summed E-state index contributed by atoms with van der Waals surface area (Å²) in [7, 11) is 0. The van der Waals surface area contributed by atoms with Crippen molar-refractivity contribution in [2.45, 2.75) is 32.8 Å². The predicted molar refractivity (Wildman–Crippen MR) is 73.1 cm³/mol. The third-order valence-electron chi connectivity index (χ3n) is 2.68. The maximum absolute atomic E-state index is 12.2. The quantitative estimate of drug-likeness (QED) is 0.766. The van der Waals surface area contributed by atoms with Crippen molar-refractivity contribution >= 4 is 17.5 Å². The second-order valence-corrected chi connectivity index (χ2v) is 5.43. The molecule has 0 bridgehead atoms. The van der Waals surface area contributed by atoms with Gasteiger partial charge in [-0.15, -0.1) is 0 Å². The van der Waals surface area contributed by atoms with E-state index >= 15 is 0 Å². The number of fused-ring (bicyclic) bond motifs is 1. The number of carbonyl (C=O) groups excluding carboxylic acids is 1. The Hall–Kier alpha value is -1.71. The number of nitrogens with one attached hydrogen (secondary N) is 1. The number of amides is 1. The van der Waals surface area contributed by atoms with Gasteiger partial charge in [-0.3, -0.25) is 4.90 Å². The van der Waals surface area contributed by atoms with Crippen molar-refractivity contribution in [3.05, 3.63) is 24.3 Å². The topological polar surface area (TPSA) is 41.6 Å². The molecule has 0 unspecified atom stereocenters. The first kappa shape index (κ1) is 12.7. The molecule has 18 heavy (non-hydrogen) atoms. The van der Waals surface area contributed by atoms with Crippen LogP contribution in [-0.2, 0) is 4.74 Å². The summed E-state index contributed by atoms with van der Waals surface area (Å²) in [5.41, 5.74) is 1.41. The van der Waals surface area contributed by atoms with Crippen LogP contribution in [0.2, 0.25) is 0 Å². The summed E-state index contributed by atoms with van der Waals surface area (Å²) in [4.78, 5) is 13.9. The van der Waals surface area contributed by atoms with Gasteiger partial charge in [-0.2, -0.15) is 0 Å². The van der Waals surface area contributed by atoms with Gasteiger partial charge in [0.1, 0.15) is 5.60 Å². The van der Waals surface area contributed by atoms with E-state index in [1.165, 1.54) is 0 Å². The smallest absolute Gasteiger partial charge is 0.414 e. The average molecular weight is 248 g/mol. The minimum atomic E-state index is -0.467. The summed E-state index contributed by atoms with van der Waals surface area (Å²) in [5, 5.41) is 3.32. The van der Waals surface area contributed by atoms with Crippen molar-refractivity contribution in [2.75, 3.05) is 23.3 Å². The summed E-state index contributed by atoms with van der Waals surface area (Å²) < 4.78 is 5.45. The summed E-state index contributed by atoms with van der Waals surface area (Å²) in [6, 6.07) is 7.82. The van der Waals surface area contributed by atoms with Gasteiger partial charge in [-0.25, -0.2) is 4.79 Å². The Balaban J connectivity index is 2.25. The third-order valence-corrected chi connectivity index (χ3v) is 2.68. The molecule has 4 nitrogen and oxygen atoms in total. The zero-order valence-electron chi connectivity index (χ0n) is 11.2. The first-order valence-corrected chi connectivity index (χ1v) is 6.31. The van der Waals surface area contributed by atoms with Crippen LogP contribution in [-0.4, -0.2) is 24.8 Å². The zero-order chi connectivity index (χ0) is 13.2. The molecule has 1 aromatic carbocycles. The highest BCUT2D eigenvalue weighted by Crippen LogP contribution is 2.29. The molecule has 0 radical (unpaired) electrons. The lowest BCUT2D eigenvalue weighted by molar-refractivity contribution is 0.0581. The Kier molecular flexibility index (Phi) is 3.45. The van der Waals surface area contributed by atoms with Crippen LogP contribution in [0.5, 0.6) is 0 Å². The molecule has 1 aromatic rings. The highest BCUT2D eigenvalue weighted by molar-refractivity contribution is 5.92. The van der Waals surface area contributed by atoms with Crippen LogP contribution in [0.1, 0.15) is 27.2 Å². The van der Waals surface area contributed by atoms with E-state index in [0.717, 1.165) is 24.3 Å². The van der Waals surface area contributed by atoms with Gasteiger partial charge in [-0.05, 0) is 39.3 Å². The molecule has 1 amide bonds. The van der Waals surface area contributed by atoms with E-state index in [0.29, 0.717) is 6.54 Å². The Labute approximate surface area is 108 Å². The summed E-state index contributed by atoms with van der Waals surface area (Å²) in [5.74, 6) is 0. The average Bonchev–Trinajstić information content (AvgIpc) is 2.48. The van der Waals surface area contributed by atoms with E-state index in [2.05, 4.69) is 5.32 Å². The molecule has 0 atom stereocenters. The molecule has 4 heteroatoms. The molecule has 1 aliphatic heterocycles. The number of carbonyl (C=O) groups is 1. The Morgan fingerprint density at radius 2 is 2.06 bits per heavy atom. The van der Waals surface area contributed by atoms with Crippen LogP contribution < -0.4 is 10.2 Å². The number of hydrogen-bond donors (Lipinski definition) is 1. The molecular weight excluding hydrogens is 228 g/mol. The summed E-state index contributed by atoms with van der Waals surface area (Å²) >= 11 is 0. The molecule has 0 spiro atoms. The first-order chi connectivity index (χ1) is 8.47. The van der Waals surface area contributed by atoms with E-state index in [4.69, 9.17) is 4.74 Å². The number of hydrogen-bond acceptors (Lipinski definition) is 3. The molecule has 1 aliphatic rings. The minimum absolute atomic E-state index is 0.279. The van der Waals surface area contributed by atoms with Crippen LogP contribution in [0.4, 0.5) is 16.2 Å². The number of benzene rings is 1. The lowest BCUT2D eigenvalue weighted by Gasteiger charge is -2.27. The largest absolute Gasteiger partial charge is 0.443 e. The maximum atomic E-state index is 12.2. The van der Waals surface area contributed by atoms with Crippen molar-refractivity contribution < 1.29 is 9.53 Å². The molecule has 0 fully saturated rings. The van der Waals surface area contributed by atoms with Gasteiger partial charge in [0.05, 0.1) is 11.4 Å². The third kappa shape index (κ3) is 2.94. The number of nitrogens with zero attached hydrogens (tertiary/aromatic N) is 1. The number of ether oxygens (including phenoxy) is 1. The fourth-order valence-electron chi connectivity index (χ4n) is 1.95. The van der Waals surface area contributed by atoms with Crippen LogP contribution in [0.3, 0.4) is 0 Å². The Morgan fingerprint density at radius 3 is 2.78 bits per heavy atom. The van der Waals surface area contributed by atoms with Crippen molar-refractivity contribution in [2.24, 2.45) is 0 Å². The minimum Gasteiger partial charge on any atom is -0.443 e. The van der Waals surface area contributed by atoms with Crippen molar-refractivity contribution in [1.82, 2.24) is 0 Å². The van der Waals surface area contributed by atoms with Gasteiger partial charge >= 0.3 is 6.09 Å². The van der Waals surface area contributed by atoms with Crippen LogP contribution in [0, 0.1) is 0 Å². The fourth-order valence-corrected chi connectivity index (χ4v) is 1.95. The Morgan fingerprint density at radius 1 is 1.33 bits per heavy atom. The second kappa shape index (κ2) is 4.88. The van der Waals surface area contributed by atoms with Crippen LogP contribution >= 0.6 is 0 Å². The van der Waals surface area contributed by atoms with Gasteiger partial charge in [-0.1, -0.05) is 12.1 Å². The van der Waals surface area contributed by atoms with Gasteiger partial charge < -0.3 is 10.1 Å². The monoisotopic (exact) mass is 248 g/mol. The number of anilines is 2. The molecule has 1 heterocycles. The van der Waals surface area contributed by atoms with Crippen molar-refractivity contribution in [1.29, 1.82) is 0 Å². The van der Waals surface area contributed by atoms with Crippen LogP contribution in [0.15, 0.2) is 24.3 Å². The summed E-state index contributed by atoms with van der Waals surface area (Å²) in [6.45, 7) is 7.20. The summed E-state index contributed by atoms with van der Waals surface area (Å²) in [6.07, 6.45) is 0.632. The van der Waals surface area contributed by atoms with Crippen molar-refractivity contribution in [3.63, 3.8) is 0 Å². The number of para-hydroxylation sites is 2. The molecule has 0 aromatic heterocycles. The maximum Gasteiger partial charge on any atom is 0.414 e. The fraction of sp³-hybridized carbons (Fsp3) is 0.500. The molecule has 0 saturated heterocycles. The highest BCUT2D eigenvalue weighted by Gasteiger charge is 2.25. The Bertz CT molecular complexity index is 438. The predicted octanol–water partition coefficient (Wildman–Crippen LogP) is 3.24. The standard InChI is InChI=1S/C14H20N2O2/c1-14(2,3)18-13(17)16-10-6-9-15-11-7-4-5-8-12(11)16/h4-5,7-8,15H,6,9-10H2,1-3H3. The lowest BCUT2D eigenvalue weighted by atomic mass is 10.2. The molecule has 0 saturated carbocycles. The first-order valence-electron chi connectivity index (χ1n) is 6.31. The highest BCUT2D eigenvalue weighted by atomic mass is 16.6. The van der Waals surface area contributed by atoms with E-state index in [9.17, 15) is 4.79 Å². The van der Waals surface area contributed by atoms with Gasteiger partial charge in [0.25, 0.3) is 0 Å². The van der Waals surface area contributed by atoms with E-state index in [1.54, 1.807) is 4.90 Å². The zero-order valence-corrected chi connectivity index (χ0v) is 11.2. The van der Waals surface area contributed by atoms with Gasteiger partial charge in [0.2, 0.25) is 0 Å². The van der Waals surface area contributed by atoms with E-state index in [1.807, 2.05) is 45.0 Å². The normalized spacial score (nSPS) is 15.4. The van der Waals surface area contributed by atoms with Gasteiger partial charge in [0.15, 0.2) is 0 Å². The molecule has 2 rings (SSSR count). The lowest BCUT2D eigenvalue weighted by Crippen LogP contribution is -2.37. The second-order valence-electron chi connectivity index (χ2n) is 5.43. The van der Waals surface area contributed by atoms with Gasteiger partial charge in [0, 0.05) is 13.1 Å². The van der Waals surface area contributed by atoms with E-state index < -0.39 is 5.60 Å². The van der Waals surface area contributed by atoms with Crippen LogP contribution in [0.25, 0.3) is 0 Å². The molecule has 1 N–H and O–H groups in total.